The Balaban J connectivity index is 1.87. The van der Waals surface area contributed by atoms with Crippen molar-refractivity contribution < 1.29 is 9.84 Å². The van der Waals surface area contributed by atoms with Crippen molar-refractivity contribution in [2.24, 2.45) is 0 Å². The molecule has 21 heavy (non-hydrogen) atoms. The van der Waals surface area contributed by atoms with Crippen LogP contribution in [0.5, 0.6) is 5.75 Å². The monoisotopic (exact) mass is 291 g/mol. The van der Waals surface area contributed by atoms with Gasteiger partial charge < -0.3 is 9.84 Å². The fourth-order valence-corrected chi connectivity index (χ4v) is 3.09. The first kappa shape index (κ1) is 16.3. The molecule has 0 radical (unpaired) electrons. The van der Waals surface area contributed by atoms with Crippen molar-refractivity contribution in [1.82, 2.24) is 4.90 Å². The SMILES string of the molecule is Cc1cc(C)c(C)c(OC[C@@H](O)CN2CCCC[C@H]2C)c1. The molecule has 1 N–H and O–H groups in total. The third-order valence-corrected chi connectivity index (χ3v) is 4.58. The van der Waals surface area contributed by atoms with Gasteiger partial charge in [-0.25, -0.2) is 0 Å². The van der Waals surface area contributed by atoms with Crippen LogP contribution in [0.3, 0.4) is 0 Å². The Morgan fingerprint density at radius 2 is 2.05 bits per heavy atom. The lowest BCUT2D eigenvalue weighted by Crippen LogP contribution is -2.43. The molecule has 1 heterocycles. The van der Waals surface area contributed by atoms with Gasteiger partial charge in [-0.05, 0) is 69.8 Å². The van der Waals surface area contributed by atoms with Crippen molar-refractivity contribution in [1.29, 1.82) is 0 Å². The highest BCUT2D eigenvalue weighted by Gasteiger charge is 2.21. The number of aliphatic hydroxyl groups excluding tert-OH is 1. The number of aryl methyl sites for hydroxylation is 2. The summed E-state index contributed by atoms with van der Waals surface area (Å²) in [5.41, 5.74) is 3.61. The number of aliphatic hydroxyl groups is 1. The van der Waals surface area contributed by atoms with Crippen LogP contribution in [0.1, 0.15) is 42.9 Å². The summed E-state index contributed by atoms with van der Waals surface area (Å²) < 4.78 is 5.86. The molecule has 2 atom stereocenters. The molecule has 1 aliphatic rings. The highest BCUT2D eigenvalue weighted by molar-refractivity contribution is 5.41. The largest absolute Gasteiger partial charge is 0.491 e. The summed E-state index contributed by atoms with van der Waals surface area (Å²) in [7, 11) is 0. The van der Waals surface area contributed by atoms with Crippen LogP contribution in [0, 0.1) is 20.8 Å². The van der Waals surface area contributed by atoms with Gasteiger partial charge in [0.05, 0.1) is 0 Å². The zero-order valence-corrected chi connectivity index (χ0v) is 13.9. The second-order valence-corrected chi connectivity index (χ2v) is 6.51. The molecule has 1 aromatic rings. The molecule has 1 fully saturated rings. The van der Waals surface area contributed by atoms with Crippen molar-refractivity contribution in [3.8, 4) is 5.75 Å². The van der Waals surface area contributed by atoms with Gasteiger partial charge in [0.25, 0.3) is 0 Å². The fourth-order valence-electron chi connectivity index (χ4n) is 3.09. The molecule has 2 rings (SSSR count). The van der Waals surface area contributed by atoms with Gasteiger partial charge in [0.15, 0.2) is 0 Å². The second kappa shape index (κ2) is 7.28. The smallest absolute Gasteiger partial charge is 0.122 e. The van der Waals surface area contributed by atoms with E-state index in [1.165, 1.54) is 36.0 Å². The number of ether oxygens (including phenoxy) is 1. The zero-order valence-electron chi connectivity index (χ0n) is 13.9. The van der Waals surface area contributed by atoms with E-state index < -0.39 is 6.10 Å². The predicted molar refractivity (Wildman–Crippen MR) is 87.0 cm³/mol. The standard InChI is InChI=1S/C18H29NO2/c1-13-9-14(2)16(4)18(10-13)21-12-17(20)11-19-8-6-5-7-15(19)3/h9-10,15,17,20H,5-8,11-12H2,1-4H3/t15-,17+/m1/s1. The van der Waals surface area contributed by atoms with Gasteiger partial charge in [-0.1, -0.05) is 12.5 Å². The molecule has 0 amide bonds. The summed E-state index contributed by atoms with van der Waals surface area (Å²) >= 11 is 0. The van der Waals surface area contributed by atoms with E-state index in [0.29, 0.717) is 19.2 Å². The molecule has 0 saturated carbocycles. The van der Waals surface area contributed by atoms with E-state index >= 15 is 0 Å². The maximum Gasteiger partial charge on any atom is 0.122 e. The van der Waals surface area contributed by atoms with Crippen LogP contribution in [0.4, 0.5) is 0 Å². The molecule has 3 nitrogen and oxygen atoms in total. The minimum Gasteiger partial charge on any atom is -0.491 e. The Bertz CT molecular complexity index is 473. The highest BCUT2D eigenvalue weighted by atomic mass is 16.5. The Hall–Kier alpha value is -1.06. The van der Waals surface area contributed by atoms with Gasteiger partial charge >= 0.3 is 0 Å². The molecule has 0 aromatic heterocycles. The maximum atomic E-state index is 10.2. The zero-order chi connectivity index (χ0) is 15.4. The van der Waals surface area contributed by atoms with E-state index in [4.69, 9.17) is 4.74 Å². The molecule has 0 bridgehead atoms. The van der Waals surface area contributed by atoms with Crippen molar-refractivity contribution in [2.45, 2.75) is 59.1 Å². The summed E-state index contributed by atoms with van der Waals surface area (Å²) in [6.07, 6.45) is 3.37. The lowest BCUT2D eigenvalue weighted by atomic mass is 10.0. The van der Waals surface area contributed by atoms with E-state index in [1.807, 2.05) is 0 Å². The van der Waals surface area contributed by atoms with Gasteiger partial charge in [-0.2, -0.15) is 0 Å². The van der Waals surface area contributed by atoms with Crippen LogP contribution in [0.25, 0.3) is 0 Å². The molecule has 3 heteroatoms. The average Bonchev–Trinajstić information content (AvgIpc) is 2.44. The molecular weight excluding hydrogens is 262 g/mol. The van der Waals surface area contributed by atoms with Crippen molar-refractivity contribution in [2.75, 3.05) is 19.7 Å². The molecule has 1 saturated heterocycles. The number of piperidine rings is 1. The van der Waals surface area contributed by atoms with Gasteiger partial charge in [-0.3, -0.25) is 4.90 Å². The minimum absolute atomic E-state index is 0.368. The Morgan fingerprint density at radius 3 is 2.76 bits per heavy atom. The molecular formula is C18H29NO2. The third-order valence-electron chi connectivity index (χ3n) is 4.58. The summed E-state index contributed by atoms with van der Waals surface area (Å²) in [5.74, 6) is 0.901. The number of benzene rings is 1. The lowest BCUT2D eigenvalue weighted by molar-refractivity contribution is 0.0436. The van der Waals surface area contributed by atoms with Gasteiger partial charge in [0.1, 0.15) is 18.5 Å². The first-order valence-corrected chi connectivity index (χ1v) is 8.10. The first-order chi connectivity index (χ1) is 9.97. The number of nitrogens with zero attached hydrogens (tertiary/aromatic N) is 1. The normalized spacial score (nSPS) is 21.3. The molecule has 1 aromatic carbocycles. The number of hydrogen-bond donors (Lipinski definition) is 1. The minimum atomic E-state index is -0.425. The molecule has 0 spiro atoms. The number of likely N-dealkylation sites (tertiary alicyclic amines) is 1. The molecule has 0 unspecified atom stereocenters. The summed E-state index contributed by atoms with van der Waals surface area (Å²) in [4.78, 5) is 2.38. The number of hydrogen-bond acceptors (Lipinski definition) is 3. The summed E-state index contributed by atoms with van der Waals surface area (Å²) in [6.45, 7) is 10.7. The predicted octanol–water partition coefficient (Wildman–Crippen LogP) is 3.23. The van der Waals surface area contributed by atoms with E-state index in [2.05, 4.69) is 44.7 Å². The Kier molecular flexibility index (Phi) is 5.65. The van der Waals surface area contributed by atoms with E-state index in [0.717, 1.165) is 12.3 Å². The second-order valence-electron chi connectivity index (χ2n) is 6.51. The fraction of sp³-hybridized carbons (Fsp3) is 0.667. The lowest BCUT2D eigenvalue weighted by Gasteiger charge is -2.34. The van der Waals surface area contributed by atoms with Crippen molar-refractivity contribution >= 4 is 0 Å². The van der Waals surface area contributed by atoms with Crippen LogP contribution in [0.2, 0.25) is 0 Å². The van der Waals surface area contributed by atoms with Crippen LogP contribution >= 0.6 is 0 Å². The molecule has 1 aliphatic heterocycles. The summed E-state index contributed by atoms with van der Waals surface area (Å²) in [5, 5.41) is 10.2. The summed E-state index contributed by atoms with van der Waals surface area (Å²) in [6, 6.07) is 4.79. The van der Waals surface area contributed by atoms with Gasteiger partial charge in [0, 0.05) is 12.6 Å². The van der Waals surface area contributed by atoms with Gasteiger partial charge in [0.2, 0.25) is 0 Å². The highest BCUT2D eigenvalue weighted by Crippen LogP contribution is 2.23. The Morgan fingerprint density at radius 1 is 1.29 bits per heavy atom. The Labute approximate surface area is 128 Å². The van der Waals surface area contributed by atoms with Crippen molar-refractivity contribution in [3.05, 3.63) is 28.8 Å². The number of rotatable bonds is 5. The quantitative estimate of drug-likeness (QED) is 0.904. The van der Waals surface area contributed by atoms with E-state index in [-0.39, 0.29) is 0 Å². The van der Waals surface area contributed by atoms with Crippen LogP contribution in [-0.2, 0) is 0 Å². The van der Waals surface area contributed by atoms with Crippen LogP contribution < -0.4 is 4.74 Å². The average molecular weight is 291 g/mol. The maximum absolute atomic E-state index is 10.2. The van der Waals surface area contributed by atoms with Crippen LogP contribution in [-0.4, -0.2) is 41.8 Å². The van der Waals surface area contributed by atoms with Crippen molar-refractivity contribution in [3.63, 3.8) is 0 Å². The van der Waals surface area contributed by atoms with E-state index in [1.54, 1.807) is 0 Å². The van der Waals surface area contributed by atoms with Gasteiger partial charge in [-0.15, -0.1) is 0 Å². The van der Waals surface area contributed by atoms with Crippen LogP contribution in [0.15, 0.2) is 12.1 Å². The molecule has 118 valence electrons. The molecule has 0 aliphatic carbocycles. The van der Waals surface area contributed by atoms with E-state index in [9.17, 15) is 5.11 Å². The topological polar surface area (TPSA) is 32.7 Å². The number of β-amino-alcohol motifs (C(OH)–C–C–N with tert-alkyl or cyclic N) is 1. The first-order valence-electron chi connectivity index (χ1n) is 8.10. The third kappa shape index (κ3) is 4.45.